The van der Waals surface area contributed by atoms with Gasteiger partial charge in [0.25, 0.3) is 0 Å². The Morgan fingerprint density at radius 3 is 1.78 bits per heavy atom. The van der Waals surface area contributed by atoms with Crippen molar-refractivity contribution in [1.29, 1.82) is 10.8 Å². The molecule has 0 radical (unpaired) electrons. The molecule has 4 N–H and O–H groups in total. The third-order valence-electron chi connectivity index (χ3n) is 6.68. The SMILES string of the molecule is N=C1C=Cc2ccccc2C1=N.Nc1ccc(-n2c3ccccc3c3ccccc32)c2ccccc12. The summed E-state index contributed by atoms with van der Waals surface area (Å²) in [6, 6.07) is 37.2. The number of aromatic nitrogens is 1. The van der Waals surface area contributed by atoms with Gasteiger partial charge in [0.15, 0.2) is 0 Å². The first kappa shape index (κ1) is 21.6. The zero-order valence-electron chi connectivity index (χ0n) is 19.6. The summed E-state index contributed by atoms with van der Waals surface area (Å²) in [6.07, 6.45) is 3.53. The fourth-order valence-electron chi connectivity index (χ4n) is 4.96. The molecule has 1 aliphatic rings. The van der Waals surface area contributed by atoms with E-state index in [9.17, 15) is 0 Å². The molecule has 4 heteroatoms. The number of allylic oxidation sites excluding steroid dienone is 1. The number of rotatable bonds is 1. The molecule has 0 saturated heterocycles. The Morgan fingerprint density at radius 2 is 1.08 bits per heavy atom. The van der Waals surface area contributed by atoms with Crippen molar-refractivity contribution in [3.05, 3.63) is 126 Å². The van der Waals surface area contributed by atoms with Crippen molar-refractivity contribution < 1.29 is 0 Å². The molecule has 1 heterocycles. The predicted molar refractivity (Wildman–Crippen MR) is 153 cm³/mol. The first-order valence-corrected chi connectivity index (χ1v) is 11.8. The lowest BCUT2D eigenvalue weighted by Gasteiger charge is -2.12. The summed E-state index contributed by atoms with van der Waals surface area (Å²) in [5.41, 5.74) is 13.1. The number of nitrogens with two attached hydrogens (primary N) is 1. The fraction of sp³-hybridized carbons (Fsp3) is 0. The molecule has 0 spiro atoms. The molecule has 7 rings (SSSR count). The summed E-state index contributed by atoms with van der Waals surface area (Å²) in [4.78, 5) is 0. The van der Waals surface area contributed by atoms with E-state index in [2.05, 4.69) is 77.4 Å². The third-order valence-corrected chi connectivity index (χ3v) is 6.68. The normalized spacial score (nSPS) is 12.6. The van der Waals surface area contributed by atoms with Gasteiger partial charge in [-0.05, 0) is 35.9 Å². The Balaban J connectivity index is 0.000000168. The maximum absolute atomic E-state index is 7.60. The van der Waals surface area contributed by atoms with E-state index in [1.54, 1.807) is 6.08 Å². The van der Waals surface area contributed by atoms with E-state index in [1.807, 2.05) is 42.5 Å². The minimum absolute atomic E-state index is 0.286. The minimum Gasteiger partial charge on any atom is -0.398 e. The summed E-state index contributed by atoms with van der Waals surface area (Å²) in [6.45, 7) is 0. The van der Waals surface area contributed by atoms with Crippen LogP contribution in [0.15, 0.2) is 115 Å². The minimum atomic E-state index is 0.286. The molecule has 0 atom stereocenters. The van der Waals surface area contributed by atoms with Crippen molar-refractivity contribution in [3.63, 3.8) is 0 Å². The number of nitrogens with one attached hydrogen (secondary N) is 2. The van der Waals surface area contributed by atoms with Gasteiger partial charge in [0.05, 0.1) is 28.1 Å². The smallest absolute Gasteiger partial charge is 0.0867 e. The van der Waals surface area contributed by atoms with Gasteiger partial charge < -0.3 is 10.3 Å². The van der Waals surface area contributed by atoms with Crippen LogP contribution in [0.25, 0.3) is 44.3 Å². The largest absolute Gasteiger partial charge is 0.398 e. The summed E-state index contributed by atoms with van der Waals surface area (Å²) in [7, 11) is 0. The van der Waals surface area contributed by atoms with Crippen LogP contribution in [-0.4, -0.2) is 16.0 Å². The summed E-state index contributed by atoms with van der Waals surface area (Å²) in [5, 5.41) is 19.8. The molecular weight excluding hydrogens is 440 g/mol. The van der Waals surface area contributed by atoms with E-state index in [4.69, 9.17) is 16.6 Å². The predicted octanol–water partition coefficient (Wildman–Crippen LogP) is 7.62. The van der Waals surface area contributed by atoms with E-state index < -0.39 is 0 Å². The third kappa shape index (κ3) is 3.48. The van der Waals surface area contributed by atoms with Gasteiger partial charge in [0.1, 0.15) is 0 Å². The topological polar surface area (TPSA) is 78.7 Å². The number of fused-ring (bicyclic) bond motifs is 5. The number of nitrogens with zero attached hydrogens (tertiary/aromatic N) is 1. The molecule has 0 aliphatic heterocycles. The number of hydrogen-bond acceptors (Lipinski definition) is 3. The molecule has 0 unspecified atom stereocenters. The highest BCUT2D eigenvalue weighted by Crippen LogP contribution is 2.35. The van der Waals surface area contributed by atoms with Crippen LogP contribution >= 0.6 is 0 Å². The summed E-state index contributed by atoms with van der Waals surface area (Å²) < 4.78 is 2.34. The summed E-state index contributed by atoms with van der Waals surface area (Å²) >= 11 is 0. The lowest BCUT2D eigenvalue weighted by atomic mass is 9.94. The quantitative estimate of drug-likeness (QED) is 0.215. The van der Waals surface area contributed by atoms with Crippen LogP contribution in [0.3, 0.4) is 0 Å². The molecule has 1 aliphatic carbocycles. The highest BCUT2D eigenvalue weighted by Gasteiger charge is 2.14. The second kappa shape index (κ2) is 8.67. The molecule has 5 aromatic carbocycles. The number of nitrogen functional groups attached to an aromatic ring is 1. The second-order valence-electron chi connectivity index (χ2n) is 8.80. The van der Waals surface area contributed by atoms with Crippen LogP contribution in [0.4, 0.5) is 5.69 Å². The van der Waals surface area contributed by atoms with Crippen molar-refractivity contribution in [1.82, 2.24) is 4.57 Å². The van der Waals surface area contributed by atoms with E-state index in [-0.39, 0.29) is 5.71 Å². The molecular formula is C32H24N4. The number of para-hydroxylation sites is 2. The highest BCUT2D eigenvalue weighted by molar-refractivity contribution is 6.52. The molecule has 0 bridgehead atoms. The van der Waals surface area contributed by atoms with Crippen LogP contribution < -0.4 is 5.73 Å². The number of anilines is 1. The van der Waals surface area contributed by atoms with Crippen LogP contribution in [0.2, 0.25) is 0 Å². The van der Waals surface area contributed by atoms with E-state index in [1.165, 1.54) is 27.2 Å². The Morgan fingerprint density at radius 1 is 0.528 bits per heavy atom. The summed E-state index contributed by atoms with van der Waals surface area (Å²) in [5.74, 6) is 0. The average molecular weight is 465 g/mol. The van der Waals surface area contributed by atoms with Gasteiger partial charge in [0, 0.05) is 32.8 Å². The van der Waals surface area contributed by atoms with Crippen molar-refractivity contribution in [2.75, 3.05) is 5.73 Å². The molecule has 4 nitrogen and oxygen atoms in total. The van der Waals surface area contributed by atoms with E-state index in [0.717, 1.165) is 27.9 Å². The number of hydrogen-bond donors (Lipinski definition) is 3. The second-order valence-corrected chi connectivity index (χ2v) is 8.80. The lowest BCUT2D eigenvalue weighted by molar-refractivity contribution is 1.20. The van der Waals surface area contributed by atoms with Gasteiger partial charge in [-0.3, -0.25) is 10.8 Å². The Labute approximate surface area is 208 Å². The van der Waals surface area contributed by atoms with Gasteiger partial charge in [-0.1, -0.05) is 91.0 Å². The van der Waals surface area contributed by atoms with Crippen molar-refractivity contribution in [2.45, 2.75) is 0 Å². The molecule has 6 aromatic rings. The van der Waals surface area contributed by atoms with Gasteiger partial charge in [-0.15, -0.1) is 0 Å². The Hall–Kier alpha value is -4.96. The van der Waals surface area contributed by atoms with Crippen LogP contribution in [-0.2, 0) is 0 Å². The zero-order valence-corrected chi connectivity index (χ0v) is 19.6. The number of benzene rings is 5. The fourth-order valence-corrected chi connectivity index (χ4v) is 4.96. The van der Waals surface area contributed by atoms with Crippen LogP contribution in [0, 0.1) is 10.8 Å². The van der Waals surface area contributed by atoms with Gasteiger partial charge in [0.2, 0.25) is 0 Å². The zero-order chi connectivity index (χ0) is 24.6. The van der Waals surface area contributed by atoms with Crippen LogP contribution in [0.1, 0.15) is 11.1 Å². The Bertz CT molecular complexity index is 1790. The van der Waals surface area contributed by atoms with E-state index >= 15 is 0 Å². The molecule has 36 heavy (non-hydrogen) atoms. The highest BCUT2D eigenvalue weighted by atomic mass is 15.0. The molecule has 0 fully saturated rings. The molecule has 0 saturated carbocycles. The molecule has 172 valence electrons. The Kier molecular flexibility index (Phi) is 5.20. The average Bonchev–Trinajstić information content (AvgIpc) is 3.26. The van der Waals surface area contributed by atoms with Gasteiger partial charge in [-0.2, -0.15) is 0 Å². The standard InChI is InChI=1S/C22H16N2.C10H8N2/c23-19-13-14-22(16-8-2-1-7-15(16)19)24-20-11-5-3-9-17(20)18-10-4-6-12-21(18)24;11-9-6-5-7-3-1-2-4-8(7)10(9)12/h1-14H,23H2;1-6,11-12H. The maximum atomic E-state index is 7.60. The molecule has 0 amide bonds. The first-order chi connectivity index (χ1) is 17.6. The van der Waals surface area contributed by atoms with Crippen molar-refractivity contribution >= 4 is 55.8 Å². The van der Waals surface area contributed by atoms with Gasteiger partial charge in [-0.25, -0.2) is 0 Å². The maximum Gasteiger partial charge on any atom is 0.0867 e. The van der Waals surface area contributed by atoms with Crippen LogP contribution in [0.5, 0.6) is 0 Å². The van der Waals surface area contributed by atoms with Crippen molar-refractivity contribution in [2.24, 2.45) is 0 Å². The molecule has 1 aromatic heterocycles. The van der Waals surface area contributed by atoms with Crippen molar-refractivity contribution in [3.8, 4) is 5.69 Å². The van der Waals surface area contributed by atoms with E-state index in [0.29, 0.717) is 5.71 Å². The monoisotopic (exact) mass is 464 g/mol. The lowest BCUT2D eigenvalue weighted by Crippen LogP contribution is -2.15. The first-order valence-electron chi connectivity index (χ1n) is 11.8. The van der Waals surface area contributed by atoms with Gasteiger partial charge >= 0.3 is 0 Å².